The van der Waals surface area contributed by atoms with Crippen LogP contribution < -0.4 is 26.6 Å². The van der Waals surface area contributed by atoms with Crippen molar-refractivity contribution in [1.29, 1.82) is 0 Å². The summed E-state index contributed by atoms with van der Waals surface area (Å²) in [6.45, 7) is 5.74. The lowest BCUT2D eigenvalue weighted by molar-refractivity contribution is -0.129. The minimum Gasteiger partial charge on any atom is -0.352 e. The number of nitrogens with one attached hydrogen (secondary N) is 5. The third-order valence-electron chi connectivity index (χ3n) is 3.89. The molecule has 5 N–H and O–H groups in total. The molecule has 1 rings (SSSR count). The van der Waals surface area contributed by atoms with Crippen molar-refractivity contribution in [2.24, 2.45) is 5.92 Å². The van der Waals surface area contributed by atoms with E-state index in [0.29, 0.717) is 13.0 Å². The zero-order valence-electron chi connectivity index (χ0n) is 16.2. The Hall–Kier alpha value is -2.84. The highest BCUT2D eigenvalue weighted by Crippen LogP contribution is 2.04. The number of urea groups is 1. The van der Waals surface area contributed by atoms with Gasteiger partial charge in [0.25, 0.3) is 0 Å². The van der Waals surface area contributed by atoms with Crippen molar-refractivity contribution in [3.05, 3.63) is 24.3 Å². The summed E-state index contributed by atoms with van der Waals surface area (Å²) < 4.78 is 0. The first-order valence-corrected chi connectivity index (χ1v) is 8.96. The van der Waals surface area contributed by atoms with E-state index in [4.69, 9.17) is 0 Å². The highest BCUT2D eigenvalue weighted by molar-refractivity contribution is 5.93. The maximum absolute atomic E-state index is 12.6. The predicted molar refractivity (Wildman–Crippen MR) is 102 cm³/mol. The molecule has 1 aliphatic heterocycles. The molecule has 0 bridgehead atoms. The Kier molecular flexibility index (Phi) is 9.04. The van der Waals surface area contributed by atoms with E-state index in [0.717, 1.165) is 0 Å². The topological polar surface area (TPSA) is 128 Å². The summed E-state index contributed by atoms with van der Waals surface area (Å²) in [5.41, 5.74) is 0. The maximum atomic E-state index is 12.6. The van der Waals surface area contributed by atoms with Crippen molar-refractivity contribution in [3.8, 4) is 0 Å². The second-order valence-corrected chi connectivity index (χ2v) is 6.60. The number of carbonyl (C=O) groups excluding carboxylic acids is 4. The van der Waals surface area contributed by atoms with E-state index >= 15 is 0 Å². The molecule has 0 aromatic rings. The summed E-state index contributed by atoms with van der Waals surface area (Å²) in [6, 6.07) is -2.54. The molecular weight excluding hydrogens is 350 g/mol. The molecule has 9 heteroatoms. The highest BCUT2D eigenvalue weighted by Gasteiger charge is 2.27. The van der Waals surface area contributed by atoms with Gasteiger partial charge in [0.1, 0.15) is 12.1 Å². The molecule has 0 radical (unpaired) electrons. The lowest BCUT2D eigenvalue weighted by atomic mass is 10.0. The van der Waals surface area contributed by atoms with Gasteiger partial charge in [0.05, 0.1) is 0 Å². The Bertz CT molecular complexity index is 615. The molecule has 0 spiro atoms. The number of hydrogen-bond donors (Lipinski definition) is 5. The lowest BCUT2D eigenvalue weighted by Crippen LogP contribution is -2.56. The van der Waals surface area contributed by atoms with Crippen molar-refractivity contribution in [2.75, 3.05) is 13.6 Å². The Morgan fingerprint density at radius 1 is 1.22 bits per heavy atom. The molecule has 1 unspecified atom stereocenters. The Morgan fingerprint density at radius 3 is 2.56 bits per heavy atom. The minimum absolute atomic E-state index is 0.169. The molecule has 150 valence electrons. The van der Waals surface area contributed by atoms with Crippen LogP contribution in [0.15, 0.2) is 24.3 Å². The fraction of sp³-hybridized carbons (Fsp3) is 0.556. The van der Waals surface area contributed by atoms with Gasteiger partial charge in [-0.2, -0.15) is 0 Å². The molecule has 0 saturated carbocycles. The van der Waals surface area contributed by atoms with Gasteiger partial charge in [0.2, 0.25) is 17.7 Å². The first-order chi connectivity index (χ1) is 12.7. The van der Waals surface area contributed by atoms with Gasteiger partial charge in [-0.3, -0.25) is 14.4 Å². The third kappa shape index (κ3) is 7.93. The molecular formula is C18H29N5O4. The van der Waals surface area contributed by atoms with E-state index in [1.807, 2.05) is 0 Å². The Labute approximate surface area is 159 Å². The van der Waals surface area contributed by atoms with Gasteiger partial charge in [-0.05, 0) is 19.3 Å². The second kappa shape index (κ2) is 11.0. The number of amides is 5. The second-order valence-electron chi connectivity index (χ2n) is 6.60. The molecule has 1 heterocycles. The summed E-state index contributed by atoms with van der Waals surface area (Å²) in [5.74, 6) is -1.25. The summed E-state index contributed by atoms with van der Waals surface area (Å²) >= 11 is 0. The lowest BCUT2D eigenvalue weighted by Gasteiger charge is -2.24. The van der Waals surface area contributed by atoms with Gasteiger partial charge in [-0.15, -0.1) is 0 Å². The summed E-state index contributed by atoms with van der Waals surface area (Å²) in [5, 5.41) is 13.1. The quantitative estimate of drug-likeness (QED) is 0.424. The molecule has 27 heavy (non-hydrogen) atoms. The largest absolute Gasteiger partial charge is 0.352 e. The molecule has 3 atom stereocenters. The third-order valence-corrected chi connectivity index (χ3v) is 3.89. The van der Waals surface area contributed by atoms with Crippen molar-refractivity contribution in [2.45, 2.75) is 45.3 Å². The first-order valence-electron chi connectivity index (χ1n) is 8.96. The van der Waals surface area contributed by atoms with Crippen LogP contribution in [0.25, 0.3) is 0 Å². The van der Waals surface area contributed by atoms with Crippen LogP contribution in [0.2, 0.25) is 0 Å². The van der Waals surface area contributed by atoms with Crippen LogP contribution >= 0.6 is 0 Å². The van der Waals surface area contributed by atoms with Gasteiger partial charge in [0.15, 0.2) is 0 Å². The summed E-state index contributed by atoms with van der Waals surface area (Å²) in [6.07, 6.45) is 6.75. The highest BCUT2D eigenvalue weighted by atomic mass is 16.2. The number of rotatable bonds is 4. The van der Waals surface area contributed by atoms with Gasteiger partial charge >= 0.3 is 6.03 Å². The summed E-state index contributed by atoms with van der Waals surface area (Å²) in [4.78, 5) is 48.3. The van der Waals surface area contributed by atoms with Crippen LogP contribution in [0.3, 0.4) is 0 Å². The fourth-order valence-corrected chi connectivity index (χ4v) is 2.36. The van der Waals surface area contributed by atoms with Crippen LogP contribution in [0.4, 0.5) is 4.79 Å². The Balaban J connectivity index is 2.90. The smallest absolute Gasteiger partial charge is 0.315 e. The van der Waals surface area contributed by atoms with Crippen LogP contribution in [0.5, 0.6) is 0 Å². The zero-order chi connectivity index (χ0) is 20.4. The van der Waals surface area contributed by atoms with Crippen molar-refractivity contribution in [1.82, 2.24) is 26.6 Å². The van der Waals surface area contributed by atoms with Crippen molar-refractivity contribution in [3.63, 3.8) is 0 Å². The average molecular weight is 379 g/mol. The molecule has 0 fully saturated rings. The molecule has 1 aliphatic rings. The first kappa shape index (κ1) is 22.2. The molecule has 0 saturated heterocycles. The van der Waals surface area contributed by atoms with E-state index in [9.17, 15) is 19.2 Å². The van der Waals surface area contributed by atoms with Crippen molar-refractivity contribution < 1.29 is 19.2 Å². The van der Waals surface area contributed by atoms with E-state index in [2.05, 4.69) is 26.6 Å². The molecule has 0 aromatic carbocycles. The predicted octanol–water partition coefficient (Wildman–Crippen LogP) is -0.438. The Morgan fingerprint density at radius 2 is 1.93 bits per heavy atom. The van der Waals surface area contributed by atoms with Crippen LogP contribution in [-0.4, -0.2) is 55.5 Å². The normalized spacial score (nSPS) is 24.3. The van der Waals surface area contributed by atoms with Gasteiger partial charge in [-0.25, -0.2) is 4.79 Å². The fourth-order valence-electron chi connectivity index (χ4n) is 2.36. The average Bonchev–Trinajstić information content (AvgIpc) is 2.61. The number of hydrogen-bond acceptors (Lipinski definition) is 4. The van der Waals surface area contributed by atoms with Crippen LogP contribution in [0.1, 0.15) is 27.2 Å². The van der Waals surface area contributed by atoms with E-state index in [-0.39, 0.29) is 17.9 Å². The molecule has 9 nitrogen and oxygen atoms in total. The zero-order valence-corrected chi connectivity index (χ0v) is 16.2. The van der Waals surface area contributed by atoms with Crippen LogP contribution in [0, 0.1) is 5.92 Å². The van der Waals surface area contributed by atoms with E-state index in [1.54, 1.807) is 39.0 Å². The maximum Gasteiger partial charge on any atom is 0.315 e. The molecule has 0 aliphatic carbocycles. The summed E-state index contributed by atoms with van der Waals surface area (Å²) in [7, 11) is 1.46. The van der Waals surface area contributed by atoms with Gasteiger partial charge in [0, 0.05) is 25.7 Å². The molecule has 5 amide bonds. The van der Waals surface area contributed by atoms with Crippen LogP contribution in [-0.2, 0) is 14.4 Å². The minimum atomic E-state index is -0.892. The van der Waals surface area contributed by atoms with E-state index in [1.165, 1.54) is 13.1 Å². The van der Waals surface area contributed by atoms with Gasteiger partial charge in [-0.1, -0.05) is 32.1 Å². The SMILES string of the molecule is CNC(=O)NC(C(=O)N[C@H]1/C=C/CCNC(=O)/C=C/[C@H](C)NC1=O)C(C)C. The van der Waals surface area contributed by atoms with Crippen molar-refractivity contribution >= 4 is 23.8 Å². The molecule has 0 aromatic heterocycles. The standard InChI is InChI=1S/C18H29N5O4/c1-11(2)15(23-18(27)19-4)17(26)22-13-7-5-6-10-20-14(24)9-8-12(3)21-16(13)25/h5,7-9,11-13,15H,6,10H2,1-4H3,(H,20,24)(H,21,25)(H,22,26)(H2,19,23,27)/b7-5+,9-8+/t12-,13-,15?/m0/s1. The van der Waals surface area contributed by atoms with E-state index < -0.39 is 29.9 Å². The monoisotopic (exact) mass is 379 g/mol. The van der Waals surface area contributed by atoms with Gasteiger partial charge < -0.3 is 26.6 Å². The number of carbonyl (C=O) groups is 4.